The van der Waals surface area contributed by atoms with Gasteiger partial charge in [-0.25, -0.2) is 9.59 Å². The number of rotatable bonds is 5. The largest absolute Gasteiger partial charge is 0.478 e. The summed E-state index contributed by atoms with van der Waals surface area (Å²) in [5.74, 6) is -1.91. The molecule has 1 radical (unpaired) electrons. The second-order valence-corrected chi connectivity index (χ2v) is 6.63. The zero-order valence-electron chi connectivity index (χ0n) is 16.0. The van der Waals surface area contributed by atoms with Crippen LogP contribution in [0.5, 0.6) is 0 Å². The Morgan fingerprint density at radius 2 is 0.839 bits per heavy atom. The van der Waals surface area contributed by atoms with Crippen LogP contribution < -0.4 is 0 Å². The van der Waals surface area contributed by atoms with Gasteiger partial charge in [-0.3, -0.25) is 9.97 Å². The van der Waals surface area contributed by atoms with Crippen molar-refractivity contribution < 1.29 is 39.9 Å². The third kappa shape index (κ3) is 4.91. The number of aromatic nitrogens is 2. The van der Waals surface area contributed by atoms with Gasteiger partial charge >= 0.3 is 11.9 Å². The van der Waals surface area contributed by atoms with Gasteiger partial charge < -0.3 is 10.2 Å². The number of carbonyl (C=O) groups is 2. The van der Waals surface area contributed by atoms with Gasteiger partial charge in [-0.05, 0) is 47.5 Å². The first-order valence-corrected chi connectivity index (χ1v) is 9.11. The Kier molecular flexibility index (Phi) is 6.70. The molecule has 0 aliphatic heterocycles. The van der Waals surface area contributed by atoms with Gasteiger partial charge in [0.15, 0.2) is 0 Å². The third-order valence-electron chi connectivity index (χ3n) is 4.72. The number of carboxylic acid groups (broad SMARTS) is 2. The first-order chi connectivity index (χ1) is 14.5. The van der Waals surface area contributed by atoms with Crippen LogP contribution in [0.1, 0.15) is 20.7 Å². The molecule has 0 fully saturated rings. The summed E-state index contributed by atoms with van der Waals surface area (Å²) in [6.45, 7) is 0. The van der Waals surface area contributed by atoms with Crippen molar-refractivity contribution in [3.05, 3.63) is 96.3 Å². The van der Waals surface area contributed by atoms with Crippen molar-refractivity contribution in [3.63, 3.8) is 0 Å². The summed E-state index contributed by atoms with van der Waals surface area (Å²) in [6, 6.07) is 20.8. The number of carboxylic acids is 2. The fourth-order valence-electron chi connectivity index (χ4n) is 3.04. The Balaban J connectivity index is 0.00000272. The van der Waals surface area contributed by atoms with Crippen molar-refractivity contribution in [3.8, 4) is 33.6 Å². The standard InChI is InChI=1S/C24H16N2O4.Ir/c27-23(28)17-5-1-15(2-6-17)19-9-11-21(25-13-19)22-12-10-20(14-26-22)16-3-7-18(8-4-16)24(29)30;/h1-14H,(H,27,28)(H,29,30);. The number of hydrogen-bond acceptors (Lipinski definition) is 4. The Morgan fingerprint density at radius 1 is 0.516 bits per heavy atom. The van der Waals surface area contributed by atoms with Crippen molar-refractivity contribution in [1.29, 1.82) is 0 Å². The van der Waals surface area contributed by atoms with E-state index >= 15 is 0 Å². The molecule has 0 aliphatic rings. The minimum Gasteiger partial charge on any atom is -0.478 e. The molecule has 2 N–H and O–H groups in total. The normalized spacial score (nSPS) is 10.2. The van der Waals surface area contributed by atoms with Crippen molar-refractivity contribution in [1.82, 2.24) is 9.97 Å². The molecule has 0 amide bonds. The predicted molar refractivity (Wildman–Crippen MR) is 112 cm³/mol. The van der Waals surface area contributed by atoms with Crippen LogP contribution in [0.25, 0.3) is 33.6 Å². The molecule has 31 heavy (non-hydrogen) atoms. The molecule has 2 aromatic heterocycles. The van der Waals surface area contributed by atoms with E-state index < -0.39 is 11.9 Å². The van der Waals surface area contributed by atoms with E-state index in [-0.39, 0.29) is 31.2 Å². The monoisotopic (exact) mass is 589 g/mol. The van der Waals surface area contributed by atoms with E-state index in [1.54, 1.807) is 60.9 Å². The van der Waals surface area contributed by atoms with Crippen LogP contribution in [0, 0.1) is 0 Å². The summed E-state index contributed by atoms with van der Waals surface area (Å²) >= 11 is 0. The molecule has 0 saturated heterocycles. The summed E-state index contributed by atoms with van der Waals surface area (Å²) in [7, 11) is 0. The molecular weight excluding hydrogens is 572 g/mol. The Labute approximate surface area is 191 Å². The molecule has 0 atom stereocenters. The van der Waals surface area contributed by atoms with Crippen LogP contribution in [-0.2, 0) is 20.1 Å². The molecule has 2 aromatic carbocycles. The fourth-order valence-corrected chi connectivity index (χ4v) is 3.04. The van der Waals surface area contributed by atoms with Gasteiger partial charge in [-0.1, -0.05) is 36.4 Å². The SMILES string of the molecule is O=C(O)c1ccc(-c2ccc(-c3ccc(-c4ccc(C(=O)O)cc4)cn3)nc2)cc1.[Ir]. The average Bonchev–Trinajstić information content (AvgIpc) is 2.79. The number of pyridine rings is 2. The molecule has 0 saturated carbocycles. The van der Waals surface area contributed by atoms with Crippen molar-refractivity contribution in [2.24, 2.45) is 0 Å². The van der Waals surface area contributed by atoms with E-state index in [9.17, 15) is 9.59 Å². The summed E-state index contributed by atoms with van der Waals surface area (Å²) < 4.78 is 0. The van der Waals surface area contributed by atoms with Crippen molar-refractivity contribution in [2.45, 2.75) is 0 Å². The van der Waals surface area contributed by atoms with Crippen molar-refractivity contribution in [2.75, 3.05) is 0 Å². The smallest absolute Gasteiger partial charge is 0.335 e. The molecule has 0 aliphatic carbocycles. The van der Waals surface area contributed by atoms with Gasteiger partial charge in [-0.2, -0.15) is 0 Å². The van der Waals surface area contributed by atoms with Gasteiger partial charge in [0.1, 0.15) is 0 Å². The minimum atomic E-state index is -0.956. The topological polar surface area (TPSA) is 100 Å². The van der Waals surface area contributed by atoms with Crippen LogP contribution in [0.3, 0.4) is 0 Å². The zero-order chi connectivity index (χ0) is 21.1. The molecule has 155 valence electrons. The van der Waals surface area contributed by atoms with E-state index in [0.29, 0.717) is 11.4 Å². The van der Waals surface area contributed by atoms with Gasteiger partial charge in [0, 0.05) is 43.6 Å². The van der Waals surface area contributed by atoms with Crippen LogP contribution in [0.4, 0.5) is 0 Å². The minimum absolute atomic E-state index is 0. The summed E-state index contributed by atoms with van der Waals surface area (Å²) in [5, 5.41) is 18.0. The van der Waals surface area contributed by atoms with Gasteiger partial charge in [0.25, 0.3) is 0 Å². The van der Waals surface area contributed by atoms with E-state index in [1.807, 2.05) is 24.3 Å². The van der Waals surface area contributed by atoms with Crippen LogP contribution in [0.2, 0.25) is 0 Å². The molecule has 4 rings (SSSR count). The first-order valence-electron chi connectivity index (χ1n) is 9.11. The number of benzene rings is 2. The Morgan fingerprint density at radius 3 is 1.10 bits per heavy atom. The second kappa shape index (κ2) is 9.43. The van der Waals surface area contributed by atoms with Gasteiger partial charge in [0.05, 0.1) is 22.5 Å². The van der Waals surface area contributed by atoms with E-state index in [2.05, 4.69) is 9.97 Å². The molecule has 2 heterocycles. The van der Waals surface area contributed by atoms with E-state index in [4.69, 9.17) is 10.2 Å². The molecular formula is C24H16IrN2O4. The molecule has 0 bridgehead atoms. The summed E-state index contributed by atoms with van der Waals surface area (Å²) in [6.07, 6.45) is 3.46. The third-order valence-corrected chi connectivity index (χ3v) is 4.72. The van der Waals surface area contributed by atoms with Gasteiger partial charge in [0.2, 0.25) is 0 Å². The van der Waals surface area contributed by atoms with E-state index in [0.717, 1.165) is 22.3 Å². The maximum Gasteiger partial charge on any atom is 0.335 e. The quantitative estimate of drug-likeness (QED) is 0.345. The maximum atomic E-state index is 11.0. The summed E-state index contributed by atoms with van der Waals surface area (Å²) in [5.41, 5.74) is 5.44. The average molecular weight is 589 g/mol. The molecule has 0 unspecified atom stereocenters. The molecule has 4 aromatic rings. The van der Waals surface area contributed by atoms with Crippen molar-refractivity contribution >= 4 is 11.9 Å². The van der Waals surface area contributed by atoms with Gasteiger partial charge in [-0.15, -0.1) is 0 Å². The Bertz CT molecular complexity index is 1110. The van der Waals surface area contributed by atoms with Crippen LogP contribution >= 0.6 is 0 Å². The Hall–Kier alpha value is -3.67. The summed E-state index contributed by atoms with van der Waals surface area (Å²) in [4.78, 5) is 30.9. The molecule has 6 nitrogen and oxygen atoms in total. The zero-order valence-corrected chi connectivity index (χ0v) is 18.4. The predicted octanol–water partition coefficient (Wildman–Crippen LogP) is 4.87. The van der Waals surface area contributed by atoms with E-state index in [1.165, 1.54) is 0 Å². The molecule has 0 spiro atoms. The number of hydrogen-bond donors (Lipinski definition) is 2. The molecule has 7 heteroatoms. The first kappa shape index (κ1) is 22.0. The fraction of sp³-hybridized carbons (Fsp3) is 0. The second-order valence-electron chi connectivity index (χ2n) is 6.63. The van der Waals surface area contributed by atoms with Crippen LogP contribution in [-0.4, -0.2) is 32.1 Å². The number of nitrogens with zero attached hydrogens (tertiary/aromatic N) is 2. The van der Waals surface area contributed by atoms with Crippen LogP contribution in [0.15, 0.2) is 85.2 Å². The maximum absolute atomic E-state index is 11.0. The number of aromatic carboxylic acids is 2.